The maximum Gasteiger partial charge on any atom is 0.341 e. The molecule has 2 heterocycles. The van der Waals surface area contributed by atoms with Crippen LogP contribution in [-0.2, 0) is 22.5 Å². The second kappa shape index (κ2) is 7.24. The van der Waals surface area contributed by atoms with E-state index in [1.807, 2.05) is 0 Å². The highest BCUT2D eigenvalue weighted by Gasteiger charge is 2.28. The molecule has 1 aliphatic rings. The van der Waals surface area contributed by atoms with Gasteiger partial charge in [-0.2, -0.15) is 0 Å². The van der Waals surface area contributed by atoms with E-state index in [-0.39, 0.29) is 17.8 Å². The van der Waals surface area contributed by atoms with Gasteiger partial charge in [-0.1, -0.05) is 6.92 Å². The highest BCUT2D eigenvalue weighted by atomic mass is 35.5. The van der Waals surface area contributed by atoms with Crippen molar-refractivity contribution in [3.63, 3.8) is 0 Å². The average Bonchev–Trinajstić information content (AvgIpc) is 2.83. The van der Waals surface area contributed by atoms with E-state index in [0.717, 1.165) is 36.5 Å². The lowest BCUT2D eigenvalue weighted by atomic mass is 10.0. The molecular weight excluding hydrogens is 312 g/mol. The summed E-state index contributed by atoms with van der Waals surface area (Å²) in [5.41, 5.74) is 1.51. The molecule has 1 N–H and O–H groups in total. The smallest absolute Gasteiger partial charge is 0.341 e. The summed E-state index contributed by atoms with van der Waals surface area (Å²) in [5, 5.41) is 3.28. The molecule has 0 fully saturated rings. The standard InChI is InChI=1S/C14H19ClN2O3S/c1-3-17-6-5-9-10(8-17)21-13(16-11(18)7-15)12(9)14(19)20-4-2/h3-8H2,1-2H3,(H,16,18). The molecule has 7 heteroatoms. The predicted octanol–water partition coefficient (Wildman–Crippen LogP) is 2.48. The van der Waals surface area contributed by atoms with Gasteiger partial charge in [0, 0.05) is 18.0 Å². The molecule has 1 aromatic rings. The number of esters is 1. The third-order valence-corrected chi connectivity index (χ3v) is 4.81. The number of fused-ring (bicyclic) bond motifs is 1. The second-order valence-corrected chi connectivity index (χ2v) is 6.10. The molecule has 0 saturated heterocycles. The van der Waals surface area contributed by atoms with E-state index in [1.54, 1.807) is 6.92 Å². The topological polar surface area (TPSA) is 58.6 Å². The zero-order chi connectivity index (χ0) is 15.4. The molecule has 0 spiro atoms. The van der Waals surface area contributed by atoms with Crippen molar-refractivity contribution in [2.45, 2.75) is 26.8 Å². The Morgan fingerprint density at radius 3 is 2.81 bits per heavy atom. The fourth-order valence-corrected chi connectivity index (χ4v) is 3.75. The highest BCUT2D eigenvalue weighted by Crippen LogP contribution is 2.37. The number of carbonyl (C=O) groups excluding carboxylic acids is 2. The van der Waals surface area contributed by atoms with Crippen LogP contribution in [0.3, 0.4) is 0 Å². The highest BCUT2D eigenvalue weighted by molar-refractivity contribution is 7.17. The Balaban J connectivity index is 2.37. The molecule has 2 rings (SSSR count). The van der Waals surface area contributed by atoms with Gasteiger partial charge in [-0.05, 0) is 25.5 Å². The Morgan fingerprint density at radius 2 is 2.19 bits per heavy atom. The van der Waals surface area contributed by atoms with Crippen LogP contribution in [0, 0.1) is 0 Å². The third kappa shape index (κ3) is 3.56. The van der Waals surface area contributed by atoms with Crippen molar-refractivity contribution in [1.82, 2.24) is 4.90 Å². The molecule has 0 radical (unpaired) electrons. The van der Waals surface area contributed by atoms with E-state index in [2.05, 4.69) is 17.1 Å². The summed E-state index contributed by atoms with van der Waals surface area (Å²) < 4.78 is 5.13. The van der Waals surface area contributed by atoms with Crippen molar-refractivity contribution in [2.24, 2.45) is 0 Å². The molecule has 0 aliphatic carbocycles. The average molecular weight is 331 g/mol. The number of likely N-dealkylation sites (N-methyl/N-ethyl adjacent to an activating group) is 1. The predicted molar refractivity (Wildman–Crippen MR) is 84.3 cm³/mol. The largest absolute Gasteiger partial charge is 0.462 e. The van der Waals surface area contributed by atoms with Gasteiger partial charge >= 0.3 is 5.97 Å². The second-order valence-electron chi connectivity index (χ2n) is 4.73. The van der Waals surface area contributed by atoms with Crippen molar-refractivity contribution in [3.8, 4) is 0 Å². The number of hydrogen-bond acceptors (Lipinski definition) is 5. The number of hydrogen-bond donors (Lipinski definition) is 1. The van der Waals surface area contributed by atoms with Crippen LogP contribution in [0.25, 0.3) is 0 Å². The van der Waals surface area contributed by atoms with Gasteiger partial charge in [-0.25, -0.2) is 4.79 Å². The zero-order valence-corrected chi connectivity index (χ0v) is 13.8. The van der Waals surface area contributed by atoms with Gasteiger partial charge in [0.1, 0.15) is 10.9 Å². The van der Waals surface area contributed by atoms with Gasteiger partial charge in [0.25, 0.3) is 0 Å². The third-order valence-electron chi connectivity index (χ3n) is 3.44. The van der Waals surface area contributed by atoms with Crippen LogP contribution in [-0.4, -0.2) is 42.4 Å². The molecule has 0 atom stereocenters. The number of amides is 1. The number of nitrogens with one attached hydrogen (secondary N) is 1. The molecule has 1 amide bonds. The normalized spacial score (nSPS) is 14.6. The zero-order valence-electron chi connectivity index (χ0n) is 12.2. The first-order chi connectivity index (χ1) is 10.1. The number of anilines is 1. The molecule has 0 saturated carbocycles. The molecular formula is C14H19ClN2O3S. The lowest BCUT2D eigenvalue weighted by Crippen LogP contribution is -2.30. The molecule has 0 unspecified atom stereocenters. The van der Waals surface area contributed by atoms with Gasteiger partial charge in [0.2, 0.25) is 5.91 Å². The van der Waals surface area contributed by atoms with Crippen LogP contribution in [0.4, 0.5) is 5.00 Å². The van der Waals surface area contributed by atoms with E-state index < -0.39 is 0 Å². The van der Waals surface area contributed by atoms with E-state index in [9.17, 15) is 9.59 Å². The SMILES string of the molecule is CCOC(=O)c1c(NC(=O)CCl)sc2c1CCN(CC)C2. The van der Waals surface area contributed by atoms with E-state index in [1.165, 1.54) is 11.3 Å². The van der Waals surface area contributed by atoms with Crippen molar-refractivity contribution in [3.05, 3.63) is 16.0 Å². The van der Waals surface area contributed by atoms with Crippen molar-refractivity contribution < 1.29 is 14.3 Å². The van der Waals surface area contributed by atoms with Crippen LogP contribution in [0.5, 0.6) is 0 Å². The monoisotopic (exact) mass is 330 g/mol. The van der Waals surface area contributed by atoms with Crippen LogP contribution < -0.4 is 5.32 Å². The van der Waals surface area contributed by atoms with Crippen LogP contribution in [0.15, 0.2) is 0 Å². The van der Waals surface area contributed by atoms with Crippen LogP contribution in [0.2, 0.25) is 0 Å². The first-order valence-corrected chi connectivity index (χ1v) is 8.35. The molecule has 0 bridgehead atoms. The van der Waals surface area contributed by atoms with Gasteiger partial charge in [0.05, 0.1) is 12.2 Å². The Hall–Kier alpha value is -1.11. The quantitative estimate of drug-likeness (QED) is 0.665. The Bertz CT molecular complexity index is 545. The molecule has 116 valence electrons. The number of alkyl halides is 1. The fraction of sp³-hybridized carbons (Fsp3) is 0.571. The first kappa shape index (κ1) is 16.3. The molecule has 21 heavy (non-hydrogen) atoms. The number of carbonyl (C=O) groups is 2. The van der Waals surface area contributed by atoms with Gasteiger partial charge in [-0.15, -0.1) is 22.9 Å². The van der Waals surface area contributed by atoms with Gasteiger partial charge in [0.15, 0.2) is 0 Å². The molecule has 1 aromatic heterocycles. The summed E-state index contributed by atoms with van der Waals surface area (Å²) in [6, 6.07) is 0. The summed E-state index contributed by atoms with van der Waals surface area (Å²) in [6.45, 7) is 6.88. The lowest BCUT2D eigenvalue weighted by Gasteiger charge is -2.25. The Morgan fingerprint density at radius 1 is 1.43 bits per heavy atom. The first-order valence-electron chi connectivity index (χ1n) is 7.00. The summed E-state index contributed by atoms with van der Waals surface area (Å²) >= 11 is 6.98. The summed E-state index contributed by atoms with van der Waals surface area (Å²) in [6.07, 6.45) is 0.796. The summed E-state index contributed by atoms with van der Waals surface area (Å²) in [7, 11) is 0. The minimum Gasteiger partial charge on any atom is -0.462 e. The number of rotatable bonds is 5. The van der Waals surface area contributed by atoms with Crippen molar-refractivity contribution in [2.75, 3.05) is 30.9 Å². The number of nitrogens with zero attached hydrogens (tertiary/aromatic N) is 1. The van der Waals surface area contributed by atoms with E-state index in [4.69, 9.17) is 16.3 Å². The van der Waals surface area contributed by atoms with Gasteiger partial charge < -0.3 is 10.1 Å². The number of thiophene rings is 1. The minimum absolute atomic E-state index is 0.133. The summed E-state index contributed by atoms with van der Waals surface area (Å²) in [4.78, 5) is 27.2. The van der Waals surface area contributed by atoms with Crippen LogP contribution >= 0.6 is 22.9 Å². The van der Waals surface area contributed by atoms with Crippen molar-refractivity contribution >= 4 is 39.8 Å². The Kier molecular flexibility index (Phi) is 5.61. The van der Waals surface area contributed by atoms with Crippen molar-refractivity contribution in [1.29, 1.82) is 0 Å². The maximum atomic E-state index is 12.2. The fourth-order valence-electron chi connectivity index (χ4n) is 2.39. The molecule has 5 nitrogen and oxygen atoms in total. The molecule has 0 aromatic carbocycles. The molecule has 1 aliphatic heterocycles. The van der Waals surface area contributed by atoms with Gasteiger partial charge in [-0.3, -0.25) is 9.69 Å². The Labute approximate surface area is 133 Å². The summed E-state index contributed by atoms with van der Waals surface area (Å²) in [5.74, 6) is -0.815. The maximum absolute atomic E-state index is 12.2. The minimum atomic E-state index is -0.371. The lowest BCUT2D eigenvalue weighted by molar-refractivity contribution is -0.113. The number of halogens is 1. The van der Waals surface area contributed by atoms with E-state index >= 15 is 0 Å². The van der Waals surface area contributed by atoms with E-state index in [0.29, 0.717) is 17.2 Å². The number of ether oxygens (including phenoxy) is 1. The van der Waals surface area contributed by atoms with Crippen LogP contribution in [0.1, 0.15) is 34.6 Å².